The Labute approximate surface area is 289 Å². The minimum atomic E-state index is -0.793. The summed E-state index contributed by atoms with van der Waals surface area (Å²) in [7, 11) is 0. The number of esters is 2. The van der Waals surface area contributed by atoms with Crippen molar-refractivity contribution in [3.63, 3.8) is 0 Å². The quantitative estimate of drug-likeness (QED) is 0.0433. The average molecular weight is 655 g/mol. The van der Waals surface area contributed by atoms with E-state index in [4.69, 9.17) is 9.47 Å². The molecule has 5 heteroatoms. The summed E-state index contributed by atoms with van der Waals surface area (Å²) < 4.78 is 10.6. The van der Waals surface area contributed by atoms with Gasteiger partial charge in [-0.25, -0.2) is 0 Å². The molecule has 5 nitrogen and oxygen atoms in total. The van der Waals surface area contributed by atoms with Gasteiger partial charge in [0, 0.05) is 12.8 Å². The molecule has 0 radical (unpaired) electrons. The molecular formula is C42H70O5. The third-order valence-corrected chi connectivity index (χ3v) is 7.73. The molecule has 0 aliphatic carbocycles. The molecule has 0 bridgehead atoms. The molecule has 1 unspecified atom stereocenters. The number of carbonyl (C=O) groups excluding carboxylic acids is 2. The van der Waals surface area contributed by atoms with Gasteiger partial charge in [0.1, 0.15) is 6.61 Å². The normalized spacial score (nSPS) is 13.0. The Morgan fingerprint density at radius 3 is 1.38 bits per heavy atom. The SMILES string of the molecule is CC/C=C\C/C=C\C/C=C\C/C=C\CCCCCCC(=O)OC(CO)COC(=O)CCCCCCC/C=C\C/C=C\CCCCCC. The van der Waals surface area contributed by atoms with Gasteiger partial charge < -0.3 is 14.6 Å². The second-order valence-electron chi connectivity index (χ2n) is 12.3. The Morgan fingerprint density at radius 1 is 0.511 bits per heavy atom. The monoisotopic (exact) mass is 655 g/mol. The Balaban J connectivity index is 3.67. The lowest BCUT2D eigenvalue weighted by Gasteiger charge is -2.15. The van der Waals surface area contributed by atoms with E-state index in [1.54, 1.807) is 0 Å². The molecule has 0 spiro atoms. The predicted molar refractivity (Wildman–Crippen MR) is 200 cm³/mol. The smallest absolute Gasteiger partial charge is 0.306 e. The number of rotatable bonds is 33. The van der Waals surface area contributed by atoms with Gasteiger partial charge in [0.15, 0.2) is 6.10 Å². The largest absolute Gasteiger partial charge is 0.462 e. The molecule has 0 aliphatic rings. The molecule has 0 amide bonds. The number of unbranched alkanes of at least 4 members (excludes halogenated alkanes) is 13. The van der Waals surface area contributed by atoms with Crippen LogP contribution in [-0.4, -0.2) is 36.4 Å². The lowest BCUT2D eigenvalue weighted by molar-refractivity contribution is -0.161. The van der Waals surface area contributed by atoms with Crippen LogP contribution in [0.25, 0.3) is 0 Å². The average Bonchev–Trinajstić information content (AvgIpc) is 3.07. The molecule has 0 heterocycles. The molecule has 1 atom stereocenters. The van der Waals surface area contributed by atoms with Crippen LogP contribution in [0.5, 0.6) is 0 Å². The Hall–Kier alpha value is -2.66. The minimum Gasteiger partial charge on any atom is -0.462 e. The second-order valence-corrected chi connectivity index (χ2v) is 12.3. The Bertz CT molecular complexity index is 879. The van der Waals surface area contributed by atoms with Crippen LogP contribution in [0, 0.1) is 0 Å². The predicted octanol–water partition coefficient (Wildman–Crippen LogP) is 11.8. The van der Waals surface area contributed by atoms with Crippen molar-refractivity contribution in [3.05, 3.63) is 72.9 Å². The highest BCUT2D eigenvalue weighted by molar-refractivity contribution is 5.70. The molecule has 0 saturated heterocycles. The van der Waals surface area contributed by atoms with Gasteiger partial charge in [-0.1, -0.05) is 138 Å². The lowest BCUT2D eigenvalue weighted by atomic mass is 10.1. The lowest BCUT2D eigenvalue weighted by Crippen LogP contribution is -2.28. The van der Waals surface area contributed by atoms with E-state index < -0.39 is 6.10 Å². The van der Waals surface area contributed by atoms with E-state index in [0.717, 1.165) is 89.9 Å². The molecule has 47 heavy (non-hydrogen) atoms. The highest BCUT2D eigenvalue weighted by Crippen LogP contribution is 2.11. The zero-order valence-corrected chi connectivity index (χ0v) is 30.3. The van der Waals surface area contributed by atoms with Crippen molar-refractivity contribution in [2.24, 2.45) is 0 Å². The van der Waals surface area contributed by atoms with E-state index in [1.165, 1.54) is 44.9 Å². The van der Waals surface area contributed by atoms with Gasteiger partial charge in [-0.2, -0.15) is 0 Å². The molecule has 0 aromatic heterocycles. The van der Waals surface area contributed by atoms with Gasteiger partial charge in [-0.15, -0.1) is 0 Å². The molecule has 0 rings (SSSR count). The van der Waals surface area contributed by atoms with Crippen LogP contribution < -0.4 is 0 Å². The first-order chi connectivity index (χ1) is 23.1. The summed E-state index contributed by atoms with van der Waals surface area (Å²) in [6, 6.07) is 0. The number of hydrogen-bond donors (Lipinski definition) is 1. The summed E-state index contributed by atoms with van der Waals surface area (Å²) in [5.74, 6) is -0.641. The molecule has 0 fully saturated rings. The number of aliphatic hydroxyl groups excluding tert-OH is 1. The summed E-state index contributed by atoms with van der Waals surface area (Å²) in [6.07, 6.45) is 49.5. The van der Waals surface area contributed by atoms with Crippen molar-refractivity contribution in [1.29, 1.82) is 0 Å². The van der Waals surface area contributed by atoms with E-state index in [0.29, 0.717) is 12.8 Å². The maximum Gasteiger partial charge on any atom is 0.306 e. The standard InChI is InChI=1S/C42H70O5/c1-3-5-7-9-11-13-15-17-19-21-23-25-27-29-31-33-35-37-42(45)47-40(38-43)39-46-41(44)36-34-32-30-28-26-24-22-20-18-16-14-12-10-8-6-4-2/h5,7,11,13-14,16-17,19-20,22-23,25,40,43H,3-4,6,8-10,12,15,18,21,24,26-39H2,1-2H3/b7-5-,13-11-,16-14-,19-17-,22-20-,25-23-. The summed E-state index contributed by atoms with van der Waals surface area (Å²) in [4.78, 5) is 24.2. The summed E-state index contributed by atoms with van der Waals surface area (Å²) >= 11 is 0. The van der Waals surface area contributed by atoms with E-state index in [2.05, 4.69) is 86.8 Å². The van der Waals surface area contributed by atoms with Gasteiger partial charge in [0.05, 0.1) is 6.61 Å². The van der Waals surface area contributed by atoms with Crippen LogP contribution in [0.2, 0.25) is 0 Å². The van der Waals surface area contributed by atoms with Crippen LogP contribution in [0.4, 0.5) is 0 Å². The zero-order chi connectivity index (χ0) is 34.3. The molecule has 0 saturated carbocycles. The fourth-order valence-electron chi connectivity index (χ4n) is 4.87. The number of ether oxygens (including phenoxy) is 2. The molecular weight excluding hydrogens is 584 g/mol. The molecule has 0 aromatic carbocycles. The highest BCUT2D eigenvalue weighted by Gasteiger charge is 2.16. The maximum absolute atomic E-state index is 12.1. The van der Waals surface area contributed by atoms with E-state index in [1.807, 2.05) is 0 Å². The van der Waals surface area contributed by atoms with Crippen molar-refractivity contribution in [3.8, 4) is 0 Å². The third-order valence-electron chi connectivity index (χ3n) is 7.73. The van der Waals surface area contributed by atoms with Crippen molar-refractivity contribution in [1.82, 2.24) is 0 Å². The molecule has 268 valence electrons. The van der Waals surface area contributed by atoms with E-state index in [-0.39, 0.29) is 25.2 Å². The van der Waals surface area contributed by atoms with E-state index in [9.17, 15) is 14.7 Å². The van der Waals surface area contributed by atoms with Crippen LogP contribution in [0.15, 0.2) is 72.9 Å². The summed E-state index contributed by atoms with van der Waals surface area (Å²) in [5.41, 5.74) is 0. The molecule has 0 aromatic rings. The maximum atomic E-state index is 12.1. The topological polar surface area (TPSA) is 72.8 Å². The Kier molecular flexibility index (Phi) is 35.7. The molecule has 1 N–H and O–H groups in total. The van der Waals surface area contributed by atoms with Crippen LogP contribution in [-0.2, 0) is 19.1 Å². The van der Waals surface area contributed by atoms with Crippen molar-refractivity contribution >= 4 is 11.9 Å². The summed E-state index contributed by atoms with van der Waals surface area (Å²) in [5, 5.41) is 9.54. The third kappa shape index (κ3) is 36.0. The fraction of sp³-hybridized carbons (Fsp3) is 0.667. The first-order valence-electron chi connectivity index (χ1n) is 19.0. The van der Waals surface area contributed by atoms with Crippen molar-refractivity contribution < 1.29 is 24.2 Å². The Morgan fingerprint density at radius 2 is 0.915 bits per heavy atom. The van der Waals surface area contributed by atoms with Crippen molar-refractivity contribution in [2.45, 2.75) is 168 Å². The van der Waals surface area contributed by atoms with Crippen LogP contribution in [0.1, 0.15) is 162 Å². The first-order valence-corrected chi connectivity index (χ1v) is 19.0. The molecule has 0 aliphatic heterocycles. The highest BCUT2D eigenvalue weighted by atomic mass is 16.6. The number of hydrogen-bond acceptors (Lipinski definition) is 5. The van der Waals surface area contributed by atoms with Crippen molar-refractivity contribution in [2.75, 3.05) is 13.2 Å². The number of allylic oxidation sites excluding steroid dienone is 12. The zero-order valence-electron chi connectivity index (χ0n) is 30.3. The fourth-order valence-corrected chi connectivity index (χ4v) is 4.87. The van der Waals surface area contributed by atoms with Crippen LogP contribution >= 0.6 is 0 Å². The first kappa shape index (κ1) is 44.3. The van der Waals surface area contributed by atoms with E-state index >= 15 is 0 Å². The van der Waals surface area contributed by atoms with Gasteiger partial charge in [0.2, 0.25) is 0 Å². The summed E-state index contributed by atoms with van der Waals surface area (Å²) in [6.45, 7) is 3.96. The van der Waals surface area contributed by atoms with Crippen LogP contribution in [0.3, 0.4) is 0 Å². The number of aliphatic hydroxyl groups is 1. The minimum absolute atomic E-state index is 0.0870. The van der Waals surface area contributed by atoms with Gasteiger partial charge in [-0.05, 0) is 83.5 Å². The number of carbonyl (C=O) groups is 2. The van der Waals surface area contributed by atoms with Gasteiger partial charge in [-0.3, -0.25) is 9.59 Å². The van der Waals surface area contributed by atoms with Gasteiger partial charge >= 0.3 is 11.9 Å². The van der Waals surface area contributed by atoms with Gasteiger partial charge in [0.25, 0.3) is 0 Å². The second kappa shape index (κ2) is 37.8.